The Morgan fingerprint density at radius 3 is 2.56 bits per heavy atom. The third-order valence-corrected chi connectivity index (χ3v) is 4.02. The van der Waals surface area contributed by atoms with E-state index in [0.29, 0.717) is 12.0 Å². The van der Waals surface area contributed by atoms with Crippen molar-refractivity contribution in [3.63, 3.8) is 0 Å². The van der Waals surface area contributed by atoms with E-state index >= 15 is 0 Å². The lowest BCUT2D eigenvalue weighted by molar-refractivity contribution is -0.149. The summed E-state index contributed by atoms with van der Waals surface area (Å²) in [7, 11) is 0. The van der Waals surface area contributed by atoms with Gasteiger partial charge < -0.3 is 15.0 Å². The van der Waals surface area contributed by atoms with Gasteiger partial charge in [0, 0.05) is 29.1 Å². The topological polar surface area (TPSA) is 71.2 Å². The number of hydrogen-bond acceptors (Lipinski definition) is 3. The molecule has 1 unspecified atom stereocenters. The van der Waals surface area contributed by atoms with Gasteiger partial charge in [0.15, 0.2) is 6.04 Å². The van der Waals surface area contributed by atoms with Crippen LogP contribution in [0.1, 0.15) is 30.5 Å². The number of H-pyrrole nitrogens is 1. The van der Waals surface area contributed by atoms with E-state index in [4.69, 9.17) is 4.74 Å². The number of ether oxygens (including phenoxy) is 1. The summed E-state index contributed by atoms with van der Waals surface area (Å²) in [5.41, 5.74) is 2.51. The van der Waals surface area contributed by atoms with Crippen molar-refractivity contribution < 1.29 is 14.3 Å². The molecule has 1 atom stereocenters. The van der Waals surface area contributed by atoms with E-state index in [0.717, 1.165) is 16.5 Å². The zero-order valence-corrected chi connectivity index (χ0v) is 14.0. The molecule has 2 N–H and O–H groups in total. The van der Waals surface area contributed by atoms with E-state index in [-0.39, 0.29) is 12.5 Å². The van der Waals surface area contributed by atoms with Gasteiger partial charge in [-0.3, -0.25) is 4.79 Å². The fraction of sp³-hybridized carbons (Fsp3) is 0.200. The summed E-state index contributed by atoms with van der Waals surface area (Å²) in [5.74, 6) is -0.678. The molecule has 0 fully saturated rings. The Morgan fingerprint density at radius 1 is 1.08 bits per heavy atom. The summed E-state index contributed by atoms with van der Waals surface area (Å²) in [4.78, 5) is 27.7. The second-order valence-electron chi connectivity index (χ2n) is 5.74. The van der Waals surface area contributed by atoms with Gasteiger partial charge >= 0.3 is 5.97 Å². The average Bonchev–Trinajstić information content (AvgIpc) is 3.08. The van der Waals surface area contributed by atoms with E-state index in [1.807, 2.05) is 54.6 Å². The van der Waals surface area contributed by atoms with E-state index < -0.39 is 12.0 Å². The van der Waals surface area contributed by atoms with Crippen LogP contribution in [0.3, 0.4) is 0 Å². The Labute approximate surface area is 146 Å². The molecular weight excluding hydrogens is 316 g/mol. The number of amides is 1. The number of aromatic nitrogens is 1. The van der Waals surface area contributed by atoms with Crippen LogP contribution in [-0.4, -0.2) is 16.9 Å². The van der Waals surface area contributed by atoms with Crippen LogP contribution >= 0.6 is 0 Å². The Balaban J connectivity index is 1.84. The summed E-state index contributed by atoms with van der Waals surface area (Å²) < 4.78 is 5.44. The van der Waals surface area contributed by atoms with Gasteiger partial charge in [-0.05, 0) is 11.6 Å². The SMILES string of the molecule is CCC(=O)NC(C(=O)OCc1ccccc1)c1c[nH]c2ccccc12. The van der Waals surface area contributed by atoms with Crippen LogP contribution in [0.15, 0.2) is 60.8 Å². The number of fused-ring (bicyclic) bond motifs is 1. The molecule has 25 heavy (non-hydrogen) atoms. The smallest absolute Gasteiger partial charge is 0.333 e. The zero-order chi connectivity index (χ0) is 17.6. The standard InChI is InChI=1S/C20H20N2O3/c1-2-18(23)22-19(16-12-21-17-11-7-6-10-15(16)17)20(24)25-13-14-8-4-3-5-9-14/h3-12,19,21H,2,13H2,1H3,(H,22,23). The first-order valence-electron chi connectivity index (χ1n) is 8.25. The number of carbonyl (C=O) groups is 2. The summed E-state index contributed by atoms with van der Waals surface area (Å²) in [6, 6.07) is 16.3. The molecule has 1 heterocycles. The second-order valence-corrected chi connectivity index (χ2v) is 5.74. The largest absolute Gasteiger partial charge is 0.459 e. The normalized spacial score (nSPS) is 11.9. The van der Waals surface area contributed by atoms with Gasteiger partial charge in [-0.15, -0.1) is 0 Å². The molecule has 2 aromatic carbocycles. The molecule has 0 aliphatic carbocycles. The number of esters is 1. The average molecular weight is 336 g/mol. The molecule has 0 spiro atoms. The molecule has 0 bridgehead atoms. The van der Waals surface area contributed by atoms with Crippen molar-refractivity contribution in [2.45, 2.75) is 26.0 Å². The van der Waals surface area contributed by atoms with Gasteiger partial charge in [0.25, 0.3) is 0 Å². The minimum absolute atomic E-state index is 0.167. The molecule has 5 nitrogen and oxygen atoms in total. The maximum Gasteiger partial charge on any atom is 0.333 e. The number of nitrogens with one attached hydrogen (secondary N) is 2. The first-order valence-corrected chi connectivity index (χ1v) is 8.25. The lowest BCUT2D eigenvalue weighted by Gasteiger charge is -2.17. The summed E-state index contributed by atoms with van der Waals surface area (Å²) >= 11 is 0. The summed E-state index contributed by atoms with van der Waals surface area (Å²) in [6.45, 7) is 1.91. The molecule has 3 rings (SSSR count). The molecule has 3 aromatic rings. The Hall–Kier alpha value is -3.08. The highest BCUT2D eigenvalue weighted by atomic mass is 16.5. The van der Waals surface area contributed by atoms with Crippen molar-refractivity contribution in [1.29, 1.82) is 0 Å². The number of para-hydroxylation sites is 1. The van der Waals surface area contributed by atoms with Gasteiger partial charge in [-0.25, -0.2) is 4.79 Å². The van der Waals surface area contributed by atoms with Crippen LogP contribution in [0.5, 0.6) is 0 Å². The van der Waals surface area contributed by atoms with Crippen LogP contribution in [0.2, 0.25) is 0 Å². The van der Waals surface area contributed by atoms with Crippen molar-refractivity contribution in [1.82, 2.24) is 10.3 Å². The monoisotopic (exact) mass is 336 g/mol. The maximum atomic E-state index is 12.7. The third kappa shape index (κ3) is 3.88. The van der Waals surface area contributed by atoms with Gasteiger partial charge in [-0.2, -0.15) is 0 Å². The Bertz CT molecular complexity index is 871. The number of benzene rings is 2. The molecule has 1 aromatic heterocycles. The van der Waals surface area contributed by atoms with Crippen molar-refractivity contribution in [3.05, 3.63) is 71.9 Å². The maximum absolute atomic E-state index is 12.7. The minimum Gasteiger partial charge on any atom is -0.459 e. The molecule has 0 saturated carbocycles. The van der Waals surface area contributed by atoms with Crippen LogP contribution < -0.4 is 5.32 Å². The molecule has 0 aliphatic rings. The van der Waals surface area contributed by atoms with Crippen molar-refractivity contribution in [2.24, 2.45) is 0 Å². The Kier molecular flexibility index (Phi) is 5.14. The van der Waals surface area contributed by atoms with E-state index in [1.165, 1.54) is 0 Å². The van der Waals surface area contributed by atoms with Gasteiger partial charge in [0.2, 0.25) is 5.91 Å². The predicted octanol–water partition coefficient (Wildman–Crippen LogP) is 3.48. The van der Waals surface area contributed by atoms with Crippen LogP contribution in [-0.2, 0) is 20.9 Å². The van der Waals surface area contributed by atoms with E-state index in [2.05, 4.69) is 10.3 Å². The highest BCUT2D eigenvalue weighted by Gasteiger charge is 2.26. The molecule has 128 valence electrons. The number of carbonyl (C=O) groups excluding carboxylic acids is 2. The van der Waals surface area contributed by atoms with Crippen molar-refractivity contribution >= 4 is 22.8 Å². The highest BCUT2D eigenvalue weighted by molar-refractivity contribution is 5.92. The summed E-state index contributed by atoms with van der Waals surface area (Å²) in [6.07, 6.45) is 2.04. The quantitative estimate of drug-likeness (QED) is 0.677. The van der Waals surface area contributed by atoms with Crippen molar-refractivity contribution in [3.8, 4) is 0 Å². The van der Waals surface area contributed by atoms with Crippen LogP contribution in [0.4, 0.5) is 0 Å². The second kappa shape index (κ2) is 7.66. The highest BCUT2D eigenvalue weighted by Crippen LogP contribution is 2.25. The summed E-state index contributed by atoms with van der Waals surface area (Å²) in [5, 5.41) is 3.65. The number of rotatable bonds is 6. The van der Waals surface area contributed by atoms with Crippen LogP contribution in [0, 0.1) is 0 Å². The molecular formula is C20H20N2O3. The fourth-order valence-corrected chi connectivity index (χ4v) is 2.67. The zero-order valence-electron chi connectivity index (χ0n) is 14.0. The van der Waals surface area contributed by atoms with Crippen LogP contribution in [0.25, 0.3) is 10.9 Å². The first-order chi connectivity index (χ1) is 12.2. The lowest BCUT2D eigenvalue weighted by atomic mass is 10.1. The first kappa shape index (κ1) is 16.8. The lowest BCUT2D eigenvalue weighted by Crippen LogP contribution is -2.34. The number of aromatic amines is 1. The van der Waals surface area contributed by atoms with Gasteiger partial charge in [-0.1, -0.05) is 55.5 Å². The predicted molar refractivity (Wildman–Crippen MR) is 95.7 cm³/mol. The van der Waals surface area contributed by atoms with Gasteiger partial charge in [0.1, 0.15) is 6.61 Å². The Morgan fingerprint density at radius 2 is 1.80 bits per heavy atom. The minimum atomic E-state index is -0.840. The van der Waals surface area contributed by atoms with Crippen molar-refractivity contribution in [2.75, 3.05) is 0 Å². The molecule has 0 radical (unpaired) electrons. The number of hydrogen-bond donors (Lipinski definition) is 2. The molecule has 0 aliphatic heterocycles. The van der Waals surface area contributed by atoms with Gasteiger partial charge in [0.05, 0.1) is 0 Å². The van der Waals surface area contributed by atoms with E-state index in [1.54, 1.807) is 13.1 Å². The fourth-order valence-electron chi connectivity index (χ4n) is 2.67. The molecule has 1 amide bonds. The molecule has 5 heteroatoms. The van der Waals surface area contributed by atoms with E-state index in [9.17, 15) is 9.59 Å². The molecule has 0 saturated heterocycles. The third-order valence-electron chi connectivity index (χ3n) is 4.02.